The predicted molar refractivity (Wildman–Crippen MR) is 152 cm³/mol. The lowest BCUT2D eigenvalue weighted by molar-refractivity contribution is 0.116. The fraction of sp³-hybridized carbons (Fsp3) is 0.600. The highest BCUT2D eigenvalue weighted by Crippen LogP contribution is 2.55. The van der Waals surface area contributed by atoms with Gasteiger partial charge in [0.1, 0.15) is 17.2 Å². The summed E-state index contributed by atoms with van der Waals surface area (Å²) in [5.74, 6) is 2.20. The van der Waals surface area contributed by atoms with E-state index >= 15 is 0 Å². The highest BCUT2D eigenvalue weighted by Gasteiger charge is 2.49. The first-order chi connectivity index (χ1) is 19.5. The number of nitrogens with two attached hydrogens (primary N) is 1. The Labute approximate surface area is 238 Å². The van der Waals surface area contributed by atoms with Crippen molar-refractivity contribution in [1.82, 2.24) is 20.0 Å². The molecule has 210 valence electrons. The van der Waals surface area contributed by atoms with Gasteiger partial charge >= 0.3 is 0 Å². The number of nitrogen functional groups attached to an aromatic ring is 1. The van der Waals surface area contributed by atoms with E-state index in [4.69, 9.17) is 29.7 Å². The Morgan fingerprint density at radius 3 is 2.83 bits per heavy atom. The third-order valence-corrected chi connectivity index (χ3v) is 10.6. The normalized spacial score (nSPS) is 26.9. The largest absolute Gasteiger partial charge is 0.473 e. The zero-order chi connectivity index (χ0) is 27.4. The summed E-state index contributed by atoms with van der Waals surface area (Å²) in [4.78, 5) is 13.5. The highest BCUT2D eigenvalue weighted by molar-refractivity contribution is 7.16. The first-order valence-electron chi connectivity index (χ1n) is 14.6. The highest BCUT2D eigenvalue weighted by atomic mass is 32.1. The molecule has 2 saturated heterocycles. The number of rotatable bonds is 5. The molecule has 0 saturated carbocycles. The average molecular weight is 561 g/mol. The first-order valence-corrected chi connectivity index (χ1v) is 15.4. The minimum absolute atomic E-state index is 0.00605. The molecular formula is C30H36N6O3S. The van der Waals surface area contributed by atoms with Crippen LogP contribution in [0.5, 0.6) is 5.88 Å². The fourth-order valence-corrected chi connectivity index (χ4v) is 8.76. The number of nitriles is 1. The number of ether oxygens (including phenoxy) is 2. The van der Waals surface area contributed by atoms with Gasteiger partial charge in [-0.25, -0.2) is 4.98 Å². The summed E-state index contributed by atoms with van der Waals surface area (Å²) in [6.45, 7) is 4.61. The van der Waals surface area contributed by atoms with Crippen LogP contribution in [0.15, 0.2) is 10.6 Å². The molecule has 9 nitrogen and oxygen atoms in total. The molecule has 0 radical (unpaired) electrons. The molecule has 2 N–H and O–H groups in total. The van der Waals surface area contributed by atoms with E-state index in [0.29, 0.717) is 40.6 Å². The molecule has 4 atom stereocenters. The van der Waals surface area contributed by atoms with E-state index in [9.17, 15) is 5.26 Å². The van der Waals surface area contributed by atoms with E-state index in [1.807, 2.05) is 6.07 Å². The summed E-state index contributed by atoms with van der Waals surface area (Å²) in [5, 5.41) is 15.3. The van der Waals surface area contributed by atoms with Crippen LogP contribution in [0.1, 0.15) is 90.8 Å². The van der Waals surface area contributed by atoms with Crippen molar-refractivity contribution in [3.63, 3.8) is 0 Å². The molecule has 5 heterocycles. The summed E-state index contributed by atoms with van der Waals surface area (Å²) in [6, 6.07) is 4.76. The Hall–Kier alpha value is -3.00. The summed E-state index contributed by atoms with van der Waals surface area (Å²) in [5.41, 5.74) is 10.3. The van der Waals surface area contributed by atoms with Crippen LogP contribution in [-0.4, -0.2) is 59.0 Å². The summed E-state index contributed by atoms with van der Waals surface area (Å²) in [7, 11) is 2.16. The molecule has 0 bridgehead atoms. The van der Waals surface area contributed by atoms with Crippen LogP contribution < -0.4 is 10.5 Å². The quantitative estimate of drug-likeness (QED) is 0.460. The monoisotopic (exact) mass is 560 g/mol. The maximum Gasteiger partial charge on any atom is 0.217 e. The number of nitrogens with zero attached hydrogens (tertiary/aromatic N) is 5. The van der Waals surface area contributed by atoms with Crippen molar-refractivity contribution in [1.29, 1.82) is 5.26 Å². The molecule has 2 aliphatic heterocycles. The number of likely N-dealkylation sites (tertiary alicyclic amines) is 1. The third-order valence-electron chi connectivity index (χ3n) is 9.57. The standard InChI is InChI=1S/C30H36N6O3S/c1-17(22-7-5-12-36(22)2)38-24-14-21(18-9-13-37-16-18)33-29(34-24)26-19-6-3-10-30(27(19)39-35-26)11-4-8-23-25(30)20(15-31)28(32)40-23/h14,17-18,22H,3-13,16,32H2,1-2H3/t17-,18-,22-,30-/m0/s1. The molecule has 0 amide bonds. The lowest BCUT2D eigenvalue weighted by Crippen LogP contribution is -2.38. The van der Waals surface area contributed by atoms with Crippen molar-refractivity contribution in [2.75, 3.05) is 32.5 Å². The number of fused-ring (bicyclic) bond motifs is 4. The zero-order valence-corrected chi connectivity index (χ0v) is 24.1. The Bertz CT molecular complexity index is 1470. The van der Waals surface area contributed by atoms with Gasteiger partial charge in [-0.2, -0.15) is 10.2 Å². The number of aryl methyl sites for hydroxylation is 1. The minimum atomic E-state index is -0.372. The summed E-state index contributed by atoms with van der Waals surface area (Å²) in [6.07, 6.45) is 8.89. The average Bonchev–Trinajstić information content (AvgIpc) is 3.75. The number of hydrogen-bond donors (Lipinski definition) is 1. The summed E-state index contributed by atoms with van der Waals surface area (Å²) < 4.78 is 18.4. The molecular weight excluding hydrogens is 524 g/mol. The van der Waals surface area contributed by atoms with Crippen LogP contribution in [0, 0.1) is 11.3 Å². The number of hydrogen-bond acceptors (Lipinski definition) is 10. The molecule has 40 heavy (non-hydrogen) atoms. The van der Waals surface area contributed by atoms with Crippen molar-refractivity contribution in [3.05, 3.63) is 39.1 Å². The van der Waals surface area contributed by atoms with E-state index < -0.39 is 0 Å². The molecule has 1 spiro atoms. The predicted octanol–water partition coefficient (Wildman–Crippen LogP) is 4.97. The van der Waals surface area contributed by atoms with Gasteiger partial charge in [0.2, 0.25) is 5.88 Å². The molecule has 4 aliphatic rings. The van der Waals surface area contributed by atoms with Crippen molar-refractivity contribution in [2.24, 2.45) is 0 Å². The molecule has 10 heteroatoms. The van der Waals surface area contributed by atoms with E-state index in [2.05, 4.69) is 30.1 Å². The topological polar surface area (TPSA) is 123 Å². The second-order valence-corrected chi connectivity index (χ2v) is 13.0. The lowest BCUT2D eigenvalue weighted by Gasteiger charge is -2.39. The van der Waals surface area contributed by atoms with Crippen LogP contribution >= 0.6 is 11.3 Å². The maximum absolute atomic E-state index is 10.0. The lowest BCUT2D eigenvalue weighted by atomic mass is 9.63. The van der Waals surface area contributed by atoms with Gasteiger partial charge in [-0.3, -0.25) is 4.90 Å². The van der Waals surface area contributed by atoms with Gasteiger partial charge in [-0.05, 0) is 83.9 Å². The minimum Gasteiger partial charge on any atom is -0.473 e. The Kier molecular flexibility index (Phi) is 6.56. The van der Waals surface area contributed by atoms with Gasteiger partial charge in [-0.15, -0.1) is 11.3 Å². The molecule has 7 rings (SSSR count). The molecule has 2 aliphatic carbocycles. The first kappa shape index (κ1) is 25.9. The number of aromatic nitrogens is 3. The van der Waals surface area contributed by atoms with Gasteiger partial charge in [0.25, 0.3) is 0 Å². The van der Waals surface area contributed by atoms with Crippen LogP contribution in [0.3, 0.4) is 0 Å². The van der Waals surface area contributed by atoms with Gasteiger partial charge in [0.15, 0.2) is 17.3 Å². The van der Waals surface area contributed by atoms with Crippen molar-refractivity contribution >= 4 is 16.3 Å². The molecule has 0 aromatic carbocycles. The number of likely N-dealkylation sites (N-methyl/N-ethyl adjacent to an activating group) is 1. The van der Waals surface area contributed by atoms with Crippen LogP contribution in [-0.2, 0) is 23.0 Å². The third kappa shape index (κ3) is 4.13. The molecule has 2 fully saturated rings. The Morgan fingerprint density at radius 1 is 1.23 bits per heavy atom. The summed E-state index contributed by atoms with van der Waals surface area (Å²) >= 11 is 1.56. The number of anilines is 1. The van der Waals surface area contributed by atoms with Crippen LogP contribution in [0.4, 0.5) is 5.00 Å². The van der Waals surface area contributed by atoms with E-state index in [0.717, 1.165) is 87.1 Å². The van der Waals surface area contributed by atoms with E-state index in [1.165, 1.54) is 11.3 Å². The fourth-order valence-electron chi connectivity index (χ4n) is 7.60. The number of thiophene rings is 1. The van der Waals surface area contributed by atoms with Crippen LogP contribution in [0.2, 0.25) is 0 Å². The maximum atomic E-state index is 10.0. The Balaban J connectivity index is 1.31. The van der Waals surface area contributed by atoms with Crippen LogP contribution in [0.25, 0.3) is 11.5 Å². The molecule has 3 aromatic rings. The van der Waals surface area contributed by atoms with Crippen molar-refractivity contribution < 1.29 is 14.0 Å². The van der Waals surface area contributed by atoms with Gasteiger partial charge in [0, 0.05) is 35.1 Å². The Morgan fingerprint density at radius 2 is 2.08 bits per heavy atom. The van der Waals surface area contributed by atoms with E-state index in [-0.39, 0.29) is 17.4 Å². The SMILES string of the molecule is C[C@H](Oc1cc([C@H]2CCOC2)nc(-c2noc3c2CCC[C@@]32CCCc3sc(N)c(C#N)c32)n1)[C@@H]1CCCN1C. The van der Waals surface area contributed by atoms with Crippen molar-refractivity contribution in [2.45, 2.75) is 88.2 Å². The van der Waals surface area contributed by atoms with Gasteiger partial charge < -0.3 is 19.7 Å². The van der Waals surface area contributed by atoms with E-state index in [1.54, 1.807) is 11.3 Å². The van der Waals surface area contributed by atoms with Gasteiger partial charge in [0.05, 0.1) is 23.3 Å². The van der Waals surface area contributed by atoms with Gasteiger partial charge in [-0.1, -0.05) is 5.16 Å². The second kappa shape index (κ2) is 10.1. The zero-order valence-electron chi connectivity index (χ0n) is 23.2. The smallest absolute Gasteiger partial charge is 0.217 e. The molecule has 3 aromatic heterocycles. The second-order valence-electron chi connectivity index (χ2n) is 11.9. The van der Waals surface area contributed by atoms with Crippen molar-refractivity contribution in [3.8, 4) is 23.5 Å². The molecule has 0 unspecified atom stereocenters.